The molecule has 0 saturated heterocycles. The maximum absolute atomic E-state index is 12.8. The smallest absolute Gasteiger partial charge is 0.227 e. The summed E-state index contributed by atoms with van der Waals surface area (Å²) in [5, 5.41) is 7.63. The Kier molecular flexibility index (Phi) is 5.25. The third-order valence-electron chi connectivity index (χ3n) is 5.14. The summed E-state index contributed by atoms with van der Waals surface area (Å²) >= 11 is 0. The van der Waals surface area contributed by atoms with Crippen LogP contribution in [0.15, 0.2) is 48.5 Å². The van der Waals surface area contributed by atoms with Crippen molar-refractivity contribution in [2.75, 3.05) is 13.2 Å². The Morgan fingerprint density at radius 2 is 1.86 bits per heavy atom. The molecule has 6 heteroatoms. The molecule has 6 nitrogen and oxygen atoms in total. The SMILES string of the molecule is Cc1cc(C)n(-c2ccccc2CNC(=O)C(C)c2ccc3c(c2)OCCO3)n1. The number of hydrogen-bond acceptors (Lipinski definition) is 4. The van der Waals surface area contributed by atoms with Gasteiger partial charge in [-0.15, -0.1) is 0 Å². The van der Waals surface area contributed by atoms with Gasteiger partial charge in [0, 0.05) is 12.2 Å². The lowest BCUT2D eigenvalue weighted by Gasteiger charge is -2.20. The van der Waals surface area contributed by atoms with Crippen molar-refractivity contribution < 1.29 is 14.3 Å². The van der Waals surface area contributed by atoms with Crippen molar-refractivity contribution >= 4 is 5.91 Å². The molecule has 1 atom stereocenters. The first-order valence-corrected chi connectivity index (χ1v) is 9.82. The minimum atomic E-state index is -0.299. The normalized spacial score (nSPS) is 13.8. The fraction of sp³-hybridized carbons (Fsp3) is 0.304. The van der Waals surface area contributed by atoms with Crippen LogP contribution in [0.4, 0.5) is 0 Å². The minimum absolute atomic E-state index is 0.0372. The van der Waals surface area contributed by atoms with Crippen LogP contribution in [0.2, 0.25) is 0 Å². The van der Waals surface area contributed by atoms with Gasteiger partial charge >= 0.3 is 0 Å². The van der Waals surface area contributed by atoms with Crippen molar-refractivity contribution in [3.63, 3.8) is 0 Å². The molecule has 1 aliphatic rings. The van der Waals surface area contributed by atoms with Crippen LogP contribution in [0, 0.1) is 13.8 Å². The van der Waals surface area contributed by atoms with Crippen molar-refractivity contribution in [1.82, 2.24) is 15.1 Å². The average Bonchev–Trinajstić information content (AvgIpc) is 3.09. The highest BCUT2D eigenvalue weighted by Crippen LogP contribution is 2.33. The lowest BCUT2D eigenvalue weighted by atomic mass is 9.99. The van der Waals surface area contributed by atoms with E-state index in [1.807, 2.05) is 74.0 Å². The Bertz CT molecular complexity index is 1040. The number of amides is 1. The van der Waals surface area contributed by atoms with Gasteiger partial charge in [0.1, 0.15) is 13.2 Å². The second-order valence-electron chi connectivity index (χ2n) is 7.31. The molecule has 0 fully saturated rings. The molecule has 2 heterocycles. The van der Waals surface area contributed by atoms with E-state index in [0.29, 0.717) is 25.5 Å². The standard InChI is InChI=1S/C23H25N3O3/c1-15-12-16(2)26(25-15)20-7-5-4-6-19(20)14-24-23(27)17(3)18-8-9-21-22(13-18)29-11-10-28-21/h4-9,12-13,17H,10-11,14H2,1-3H3,(H,24,27). The first-order valence-electron chi connectivity index (χ1n) is 9.82. The zero-order valence-electron chi connectivity index (χ0n) is 16.9. The van der Waals surface area contributed by atoms with Gasteiger partial charge in [0.15, 0.2) is 11.5 Å². The predicted octanol–water partition coefficient (Wildman–Crippen LogP) is 3.68. The molecule has 1 N–H and O–H groups in total. The van der Waals surface area contributed by atoms with E-state index in [9.17, 15) is 4.79 Å². The van der Waals surface area contributed by atoms with E-state index in [4.69, 9.17) is 9.47 Å². The summed E-state index contributed by atoms with van der Waals surface area (Å²) in [6, 6.07) is 15.7. The number of ether oxygens (including phenoxy) is 2. The maximum atomic E-state index is 12.8. The molecule has 29 heavy (non-hydrogen) atoms. The van der Waals surface area contributed by atoms with Gasteiger partial charge in [-0.05, 0) is 56.2 Å². The fourth-order valence-corrected chi connectivity index (χ4v) is 3.56. The number of hydrogen-bond donors (Lipinski definition) is 1. The lowest BCUT2D eigenvalue weighted by Crippen LogP contribution is -2.28. The number of benzene rings is 2. The number of rotatable bonds is 5. The molecule has 0 bridgehead atoms. The second kappa shape index (κ2) is 7.99. The van der Waals surface area contributed by atoms with E-state index >= 15 is 0 Å². The van der Waals surface area contributed by atoms with Crippen LogP contribution < -0.4 is 14.8 Å². The van der Waals surface area contributed by atoms with Crippen molar-refractivity contribution in [3.8, 4) is 17.2 Å². The lowest BCUT2D eigenvalue weighted by molar-refractivity contribution is -0.122. The molecule has 0 radical (unpaired) electrons. The first kappa shape index (κ1) is 19.1. The van der Waals surface area contributed by atoms with Crippen LogP contribution in [-0.2, 0) is 11.3 Å². The zero-order chi connectivity index (χ0) is 20.4. The Balaban J connectivity index is 1.48. The summed E-state index contributed by atoms with van der Waals surface area (Å²) in [6.07, 6.45) is 0. The molecular formula is C23H25N3O3. The van der Waals surface area contributed by atoms with Gasteiger partial charge in [-0.1, -0.05) is 24.3 Å². The Morgan fingerprint density at radius 1 is 1.10 bits per heavy atom. The molecule has 1 aromatic heterocycles. The molecule has 3 aromatic rings. The second-order valence-corrected chi connectivity index (χ2v) is 7.31. The van der Waals surface area contributed by atoms with E-state index in [1.165, 1.54) is 0 Å². The summed E-state index contributed by atoms with van der Waals surface area (Å²) in [4.78, 5) is 12.8. The molecule has 150 valence electrons. The van der Waals surface area contributed by atoms with Crippen molar-refractivity contribution in [3.05, 3.63) is 71.0 Å². The van der Waals surface area contributed by atoms with Crippen molar-refractivity contribution in [2.45, 2.75) is 33.2 Å². The Labute approximate surface area is 170 Å². The monoisotopic (exact) mass is 391 g/mol. The van der Waals surface area contributed by atoms with Crippen LogP contribution in [-0.4, -0.2) is 28.9 Å². The Hall–Kier alpha value is -3.28. The number of aryl methyl sites for hydroxylation is 2. The summed E-state index contributed by atoms with van der Waals surface area (Å²) < 4.78 is 13.1. The van der Waals surface area contributed by atoms with Crippen LogP contribution in [0.1, 0.15) is 35.4 Å². The zero-order valence-corrected chi connectivity index (χ0v) is 16.9. The van der Waals surface area contributed by atoms with E-state index in [0.717, 1.165) is 34.0 Å². The number of nitrogens with one attached hydrogen (secondary N) is 1. The quantitative estimate of drug-likeness (QED) is 0.721. The van der Waals surface area contributed by atoms with Gasteiger partial charge in [-0.3, -0.25) is 4.79 Å². The summed E-state index contributed by atoms with van der Waals surface area (Å²) in [6.45, 7) is 7.41. The van der Waals surface area contributed by atoms with Crippen molar-refractivity contribution in [1.29, 1.82) is 0 Å². The van der Waals surface area contributed by atoms with Gasteiger partial charge in [0.2, 0.25) is 5.91 Å². The minimum Gasteiger partial charge on any atom is -0.486 e. The summed E-state index contributed by atoms with van der Waals surface area (Å²) in [5.74, 6) is 1.09. The first-order chi connectivity index (χ1) is 14.0. The molecule has 1 amide bonds. The van der Waals surface area contributed by atoms with Crippen LogP contribution in [0.3, 0.4) is 0 Å². The van der Waals surface area contributed by atoms with E-state index in [1.54, 1.807) is 0 Å². The van der Waals surface area contributed by atoms with Crippen molar-refractivity contribution in [2.24, 2.45) is 0 Å². The average molecular weight is 391 g/mol. The largest absolute Gasteiger partial charge is 0.486 e. The van der Waals surface area contributed by atoms with Crippen LogP contribution in [0.25, 0.3) is 5.69 Å². The maximum Gasteiger partial charge on any atom is 0.227 e. The molecule has 1 aliphatic heterocycles. The number of carbonyl (C=O) groups excluding carboxylic acids is 1. The molecule has 0 spiro atoms. The van der Waals surface area contributed by atoms with Gasteiger partial charge in [0.25, 0.3) is 0 Å². The summed E-state index contributed by atoms with van der Waals surface area (Å²) in [5.41, 5.74) is 4.92. The molecule has 1 unspecified atom stereocenters. The van der Waals surface area contributed by atoms with Gasteiger partial charge < -0.3 is 14.8 Å². The molecular weight excluding hydrogens is 366 g/mol. The van der Waals surface area contributed by atoms with E-state index in [2.05, 4.69) is 10.4 Å². The van der Waals surface area contributed by atoms with Gasteiger partial charge in [-0.25, -0.2) is 4.68 Å². The van der Waals surface area contributed by atoms with Gasteiger partial charge in [-0.2, -0.15) is 5.10 Å². The fourth-order valence-electron chi connectivity index (χ4n) is 3.56. The molecule has 4 rings (SSSR count). The topological polar surface area (TPSA) is 65.4 Å². The van der Waals surface area contributed by atoms with Crippen LogP contribution >= 0.6 is 0 Å². The third-order valence-corrected chi connectivity index (χ3v) is 5.14. The number of para-hydroxylation sites is 1. The number of nitrogens with zero attached hydrogens (tertiary/aromatic N) is 2. The number of fused-ring (bicyclic) bond motifs is 1. The molecule has 0 saturated carbocycles. The third kappa shape index (κ3) is 3.97. The summed E-state index contributed by atoms with van der Waals surface area (Å²) in [7, 11) is 0. The highest BCUT2D eigenvalue weighted by Gasteiger charge is 2.19. The highest BCUT2D eigenvalue weighted by molar-refractivity contribution is 5.83. The van der Waals surface area contributed by atoms with E-state index < -0.39 is 0 Å². The molecule has 2 aromatic carbocycles. The van der Waals surface area contributed by atoms with E-state index in [-0.39, 0.29) is 11.8 Å². The number of aromatic nitrogens is 2. The highest BCUT2D eigenvalue weighted by atomic mass is 16.6. The number of carbonyl (C=O) groups is 1. The molecule has 0 aliphatic carbocycles. The Morgan fingerprint density at radius 3 is 2.62 bits per heavy atom. The predicted molar refractivity (Wildman–Crippen MR) is 111 cm³/mol. The van der Waals surface area contributed by atoms with Crippen LogP contribution in [0.5, 0.6) is 11.5 Å². The van der Waals surface area contributed by atoms with Gasteiger partial charge in [0.05, 0.1) is 17.3 Å².